The van der Waals surface area contributed by atoms with Crippen molar-refractivity contribution >= 4 is 11.3 Å². The van der Waals surface area contributed by atoms with Gasteiger partial charge in [-0.25, -0.2) is 0 Å². The Morgan fingerprint density at radius 2 is 1.67 bits per heavy atom. The van der Waals surface area contributed by atoms with Crippen LogP contribution in [0.15, 0.2) is 54.6 Å². The van der Waals surface area contributed by atoms with Crippen LogP contribution in [-0.4, -0.2) is 0 Å². The molecule has 2 rings (SSSR count). The Morgan fingerprint density at radius 3 is 2.28 bits per heavy atom. The van der Waals surface area contributed by atoms with Gasteiger partial charge in [0.15, 0.2) is 0 Å². The summed E-state index contributed by atoms with van der Waals surface area (Å²) in [7, 11) is 0. The van der Waals surface area contributed by atoms with E-state index in [0.717, 1.165) is 16.7 Å². The molecule has 0 saturated carbocycles. The van der Waals surface area contributed by atoms with Crippen molar-refractivity contribution in [3.8, 4) is 6.07 Å². The van der Waals surface area contributed by atoms with Crippen LogP contribution in [0.3, 0.4) is 0 Å². The highest BCUT2D eigenvalue weighted by Crippen LogP contribution is 2.22. The van der Waals surface area contributed by atoms with Gasteiger partial charge in [-0.05, 0) is 24.1 Å². The molecular weight excluding hydrogens is 220 g/mol. The summed E-state index contributed by atoms with van der Waals surface area (Å²) < 4.78 is 0. The standard InChI is InChI=1S/C16H14N2/c1-12-6-5-9-14(10-12)16(18)15(11-17)13-7-3-2-4-8-13/h2-10H,18H2,1H3/b16-15+. The van der Waals surface area contributed by atoms with Crippen molar-refractivity contribution in [3.05, 3.63) is 71.3 Å². The van der Waals surface area contributed by atoms with E-state index < -0.39 is 0 Å². The first kappa shape index (κ1) is 11.9. The Bertz CT molecular complexity index is 619. The molecule has 0 spiro atoms. The zero-order valence-corrected chi connectivity index (χ0v) is 10.2. The van der Waals surface area contributed by atoms with Crippen LogP contribution in [0.5, 0.6) is 0 Å². The number of nitrogens with zero attached hydrogens (tertiary/aromatic N) is 1. The largest absolute Gasteiger partial charge is 0.397 e. The van der Waals surface area contributed by atoms with Gasteiger partial charge < -0.3 is 5.73 Å². The average Bonchev–Trinajstić information content (AvgIpc) is 2.41. The van der Waals surface area contributed by atoms with E-state index in [9.17, 15) is 5.26 Å². The summed E-state index contributed by atoms with van der Waals surface area (Å²) >= 11 is 0. The number of benzene rings is 2. The second-order valence-electron chi connectivity index (χ2n) is 4.14. The second kappa shape index (κ2) is 5.20. The molecule has 18 heavy (non-hydrogen) atoms. The van der Waals surface area contributed by atoms with Gasteiger partial charge in [-0.1, -0.05) is 54.1 Å². The van der Waals surface area contributed by atoms with E-state index in [-0.39, 0.29) is 0 Å². The lowest BCUT2D eigenvalue weighted by atomic mass is 10.00. The molecule has 88 valence electrons. The first-order valence-electron chi connectivity index (χ1n) is 5.74. The molecule has 0 amide bonds. The molecule has 2 N–H and O–H groups in total. The molecule has 0 unspecified atom stereocenters. The minimum atomic E-state index is 0.515. The Labute approximate surface area is 107 Å². The molecular formula is C16H14N2. The molecule has 0 aliphatic heterocycles. The zero-order chi connectivity index (χ0) is 13.0. The van der Waals surface area contributed by atoms with E-state index in [0.29, 0.717) is 11.3 Å². The van der Waals surface area contributed by atoms with E-state index in [4.69, 9.17) is 5.73 Å². The fourth-order valence-corrected chi connectivity index (χ4v) is 1.84. The summed E-state index contributed by atoms with van der Waals surface area (Å²) in [6, 6.07) is 19.5. The fourth-order valence-electron chi connectivity index (χ4n) is 1.84. The summed E-state index contributed by atoms with van der Waals surface area (Å²) in [6.45, 7) is 2.01. The molecule has 2 aromatic carbocycles. The minimum Gasteiger partial charge on any atom is -0.397 e. The van der Waals surface area contributed by atoms with Gasteiger partial charge in [0.2, 0.25) is 0 Å². The summed E-state index contributed by atoms with van der Waals surface area (Å²) in [5.74, 6) is 0. The maximum absolute atomic E-state index is 9.29. The van der Waals surface area contributed by atoms with Crippen LogP contribution >= 0.6 is 0 Å². The third-order valence-corrected chi connectivity index (χ3v) is 2.77. The molecule has 2 heteroatoms. The first-order chi connectivity index (χ1) is 8.72. The van der Waals surface area contributed by atoms with Crippen LogP contribution in [0.1, 0.15) is 16.7 Å². The van der Waals surface area contributed by atoms with Crippen LogP contribution in [0.4, 0.5) is 0 Å². The molecule has 0 heterocycles. The predicted octanol–water partition coefficient (Wildman–Crippen LogP) is 3.35. The molecule has 0 bridgehead atoms. The lowest BCUT2D eigenvalue weighted by Crippen LogP contribution is -2.00. The monoisotopic (exact) mass is 234 g/mol. The molecule has 0 fully saturated rings. The smallest absolute Gasteiger partial charge is 0.102 e. The average molecular weight is 234 g/mol. The van der Waals surface area contributed by atoms with Crippen LogP contribution in [-0.2, 0) is 0 Å². The fraction of sp³-hybridized carbons (Fsp3) is 0.0625. The Morgan fingerprint density at radius 1 is 1.00 bits per heavy atom. The van der Waals surface area contributed by atoms with Gasteiger partial charge in [0.25, 0.3) is 0 Å². The number of aryl methyl sites for hydroxylation is 1. The number of rotatable bonds is 2. The number of hydrogen-bond donors (Lipinski definition) is 1. The molecule has 0 atom stereocenters. The van der Waals surface area contributed by atoms with E-state index in [1.807, 2.05) is 61.5 Å². The summed E-state index contributed by atoms with van der Waals surface area (Å²) in [6.07, 6.45) is 0. The van der Waals surface area contributed by atoms with Gasteiger partial charge in [0.1, 0.15) is 6.07 Å². The molecule has 0 aliphatic rings. The lowest BCUT2D eigenvalue weighted by Gasteiger charge is -2.07. The predicted molar refractivity (Wildman–Crippen MR) is 74.2 cm³/mol. The number of nitrogens with two attached hydrogens (primary N) is 1. The normalized spacial score (nSPS) is 11.6. The number of nitriles is 1. The quantitative estimate of drug-likeness (QED) is 0.640. The van der Waals surface area contributed by atoms with Gasteiger partial charge in [0, 0.05) is 0 Å². The van der Waals surface area contributed by atoms with Crippen LogP contribution < -0.4 is 5.73 Å². The topological polar surface area (TPSA) is 49.8 Å². The van der Waals surface area contributed by atoms with Gasteiger partial charge in [-0.3, -0.25) is 0 Å². The first-order valence-corrected chi connectivity index (χ1v) is 5.74. The van der Waals surface area contributed by atoms with Crippen molar-refractivity contribution < 1.29 is 0 Å². The van der Waals surface area contributed by atoms with Gasteiger partial charge in [0.05, 0.1) is 11.3 Å². The summed E-state index contributed by atoms with van der Waals surface area (Å²) in [4.78, 5) is 0. The molecule has 0 aliphatic carbocycles. The van der Waals surface area contributed by atoms with E-state index >= 15 is 0 Å². The number of allylic oxidation sites excluding steroid dienone is 1. The highest BCUT2D eigenvalue weighted by molar-refractivity contribution is 5.96. The van der Waals surface area contributed by atoms with Crippen LogP contribution in [0.2, 0.25) is 0 Å². The van der Waals surface area contributed by atoms with Gasteiger partial charge >= 0.3 is 0 Å². The van der Waals surface area contributed by atoms with Crippen molar-refractivity contribution in [2.75, 3.05) is 0 Å². The van der Waals surface area contributed by atoms with Crippen molar-refractivity contribution in [1.82, 2.24) is 0 Å². The van der Waals surface area contributed by atoms with Crippen LogP contribution in [0.25, 0.3) is 11.3 Å². The van der Waals surface area contributed by atoms with Crippen molar-refractivity contribution in [1.29, 1.82) is 5.26 Å². The molecule has 2 aromatic rings. The van der Waals surface area contributed by atoms with E-state index in [1.54, 1.807) is 0 Å². The Balaban J connectivity index is 2.55. The van der Waals surface area contributed by atoms with Gasteiger partial charge in [-0.2, -0.15) is 5.26 Å². The number of hydrogen-bond acceptors (Lipinski definition) is 2. The lowest BCUT2D eigenvalue weighted by molar-refractivity contribution is 1.42. The van der Waals surface area contributed by atoms with Crippen molar-refractivity contribution in [2.24, 2.45) is 5.73 Å². The minimum absolute atomic E-state index is 0.515. The highest BCUT2D eigenvalue weighted by atomic mass is 14.6. The molecule has 0 saturated heterocycles. The van der Waals surface area contributed by atoms with E-state index in [1.165, 1.54) is 0 Å². The van der Waals surface area contributed by atoms with E-state index in [2.05, 4.69) is 6.07 Å². The zero-order valence-electron chi connectivity index (χ0n) is 10.2. The summed E-state index contributed by atoms with van der Waals surface area (Å²) in [5, 5.41) is 9.29. The summed E-state index contributed by atoms with van der Waals surface area (Å²) in [5.41, 5.74) is 10.0. The SMILES string of the molecule is Cc1cccc(/C(N)=C(/C#N)c2ccccc2)c1. The van der Waals surface area contributed by atoms with Gasteiger partial charge in [-0.15, -0.1) is 0 Å². The van der Waals surface area contributed by atoms with Crippen LogP contribution in [0, 0.1) is 18.3 Å². The maximum Gasteiger partial charge on any atom is 0.102 e. The Kier molecular flexibility index (Phi) is 3.45. The Hall–Kier alpha value is -2.53. The molecule has 0 aromatic heterocycles. The van der Waals surface area contributed by atoms with Crippen molar-refractivity contribution in [2.45, 2.75) is 6.92 Å². The third kappa shape index (κ3) is 2.41. The maximum atomic E-state index is 9.29. The second-order valence-corrected chi connectivity index (χ2v) is 4.14. The molecule has 0 radical (unpaired) electrons. The third-order valence-electron chi connectivity index (χ3n) is 2.77. The molecule has 2 nitrogen and oxygen atoms in total. The highest BCUT2D eigenvalue weighted by Gasteiger charge is 2.07. The van der Waals surface area contributed by atoms with Crippen molar-refractivity contribution in [3.63, 3.8) is 0 Å².